The molecule has 5 heteroatoms. The normalized spacial score (nSPS) is 15.3. The minimum atomic E-state index is -0.372. The molecule has 72 valence electrons. The third kappa shape index (κ3) is 1.68. The van der Waals surface area contributed by atoms with E-state index in [4.69, 9.17) is 0 Å². The molecule has 0 saturated heterocycles. The van der Waals surface area contributed by atoms with Gasteiger partial charge >= 0.3 is 0 Å². The molecule has 0 radical (unpaired) electrons. The highest BCUT2D eigenvalue weighted by Crippen LogP contribution is 2.18. The van der Waals surface area contributed by atoms with E-state index >= 15 is 0 Å². The van der Waals surface area contributed by atoms with Crippen LogP contribution < -0.4 is 5.43 Å². The molecule has 0 unspecified atom stereocenters. The fourth-order valence-corrected chi connectivity index (χ4v) is 1.60. The van der Waals surface area contributed by atoms with Crippen LogP contribution in [0.1, 0.15) is 12.0 Å². The van der Waals surface area contributed by atoms with Gasteiger partial charge in [0.1, 0.15) is 5.82 Å². The van der Waals surface area contributed by atoms with E-state index in [0.717, 1.165) is 4.47 Å². The molecule has 1 aliphatic heterocycles. The monoisotopic (exact) mass is 256 g/mol. The number of hydrazone groups is 1. The van der Waals surface area contributed by atoms with Crippen LogP contribution in [0, 0.1) is 5.82 Å². The Morgan fingerprint density at radius 3 is 2.93 bits per heavy atom. The second-order valence-electron chi connectivity index (χ2n) is 2.89. The van der Waals surface area contributed by atoms with Gasteiger partial charge in [-0.2, -0.15) is 5.10 Å². The van der Waals surface area contributed by atoms with Crippen molar-refractivity contribution in [3.05, 3.63) is 34.1 Å². The third-order valence-corrected chi connectivity index (χ3v) is 2.38. The molecule has 1 amide bonds. The number of halogens is 2. The van der Waals surface area contributed by atoms with Crippen molar-refractivity contribution >= 4 is 27.5 Å². The van der Waals surface area contributed by atoms with Crippen molar-refractivity contribution in [2.75, 3.05) is 0 Å². The zero-order chi connectivity index (χ0) is 10.1. The zero-order valence-corrected chi connectivity index (χ0v) is 8.64. The van der Waals surface area contributed by atoms with E-state index in [1.165, 1.54) is 6.07 Å². The van der Waals surface area contributed by atoms with Crippen LogP contribution in [0.4, 0.5) is 4.39 Å². The maximum absolute atomic E-state index is 13.3. The standard InChI is InChI=1S/C9H6BrFN2O/c10-5-1-2-7(11)6(3-5)8-4-9(14)13-12-8/h1-3H,4H2,(H,13,14). The first-order valence-corrected chi connectivity index (χ1v) is 4.77. The summed E-state index contributed by atoms with van der Waals surface area (Å²) < 4.78 is 14.1. The molecule has 0 saturated carbocycles. The first-order chi connectivity index (χ1) is 6.66. The van der Waals surface area contributed by atoms with Gasteiger partial charge in [-0.15, -0.1) is 0 Å². The highest BCUT2D eigenvalue weighted by atomic mass is 79.9. The summed E-state index contributed by atoms with van der Waals surface area (Å²) >= 11 is 3.23. The molecular weight excluding hydrogens is 251 g/mol. The highest BCUT2D eigenvalue weighted by Gasteiger charge is 2.19. The minimum Gasteiger partial charge on any atom is -0.273 e. The summed E-state index contributed by atoms with van der Waals surface area (Å²) in [5.74, 6) is -0.581. The van der Waals surface area contributed by atoms with Gasteiger partial charge in [-0.1, -0.05) is 15.9 Å². The number of carbonyl (C=O) groups excluding carboxylic acids is 1. The maximum Gasteiger partial charge on any atom is 0.246 e. The Balaban J connectivity index is 2.41. The van der Waals surface area contributed by atoms with E-state index in [0.29, 0.717) is 11.3 Å². The molecule has 0 bridgehead atoms. The lowest BCUT2D eigenvalue weighted by molar-refractivity contribution is -0.119. The topological polar surface area (TPSA) is 41.5 Å². The summed E-state index contributed by atoms with van der Waals surface area (Å²) in [5.41, 5.74) is 3.08. The van der Waals surface area contributed by atoms with Crippen molar-refractivity contribution in [3.63, 3.8) is 0 Å². The molecule has 1 aromatic rings. The minimum absolute atomic E-state index is 0.132. The smallest absolute Gasteiger partial charge is 0.246 e. The molecule has 0 fully saturated rings. The average molecular weight is 257 g/mol. The Kier molecular flexibility index (Phi) is 2.33. The van der Waals surface area contributed by atoms with E-state index < -0.39 is 0 Å². The fourth-order valence-electron chi connectivity index (χ4n) is 1.24. The quantitative estimate of drug-likeness (QED) is 0.819. The number of hydrogen-bond acceptors (Lipinski definition) is 2. The number of rotatable bonds is 1. The lowest BCUT2D eigenvalue weighted by Gasteiger charge is -2.00. The van der Waals surface area contributed by atoms with Gasteiger partial charge in [0.2, 0.25) is 5.91 Å². The number of benzene rings is 1. The second kappa shape index (κ2) is 3.49. The predicted octanol–water partition coefficient (Wildman–Crippen LogP) is 1.81. The number of nitrogens with one attached hydrogen (secondary N) is 1. The van der Waals surface area contributed by atoms with Gasteiger partial charge in [0, 0.05) is 10.0 Å². The predicted molar refractivity (Wildman–Crippen MR) is 53.4 cm³/mol. The summed E-state index contributed by atoms with van der Waals surface area (Å²) in [6, 6.07) is 4.54. The first kappa shape index (κ1) is 9.33. The Hall–Kier alpha value is -1.23. The molecule has 1 aliphatic rings. The van der Waals surface area contributed by atoms with Gasteiger partial charge in [0.25, 0.3) is 0 Å². The Morgan fingerprint density at radius 1 is 1.50 bits per heavy atom. The van der Waals surface area contributed by atoms with Crippen molar-refractivity contribution in [1.29, 1.82) is 0 Å². The van der Waals surface area contributed by atoms with Crippen molar-refractivity contribution in [2.24, 2.45) is 5.10 Å². The SMILES string of the molecule is O=C1CC(c2cc(Br)ccc2F)=NN1. The average Bonchev–Trinajstić information content (AvgIpc) is 2.56. The zero-order valence-electron chi connectivity index (χ0n) is 7.05. The fraction of sp³-hybridized carbons (Fsp3) is 0.111. The number of nitrogens with zero attached hydrogens (tertiary/aromatic N) is 1. The van der Waals surface area contributed by atoms with Crippen LogP contribution in [0.15, 0.2) is 27.8 Å². The van der Waals surface area contributed by atoms with E-state index in [-0.39, 0.29) is 18.1 Å². The summed E-state index contributed by atoms with van der Waals surface area (Å²) in [6.07, 6.45) is 0.132. The Morgan fingerprint density at radius 2 is 2.29 bits per heavy atom. The second-order valence-corrected chi connectivity index (χ2v) is 3.81. The van der Waals surface area contributed by atoms with Crippen LogP contribution in [0.25, 0.3) is 0 Å². The molecule has 3 nitrogen and oxygen atoms in total. The first-order valence-electron chi connectivity index (χ1n) is 3.97. The van der Waals surface area contributed by atoms with Gasteiger partial charge < -0.3 is 0 Å². The molecule has 2 rings (SSSR count). The molecule has 0 aliphatic carbocycles. The van der Waals surface area contributed by atoms with E-state index in [2.05, 4.69) is 26.5 Å². The van der Waals surface area contributed by atoms with E-state index in [9.17, 15) is 9.18 Å². The summed E-state index contributed by atoms with van der Waals surface area (Å²) in [6.45, 7) is 0. The molecule has 14 heavy (non-hydrogen) atoms. The van der Waals surface area contributed by atoms with Gasteiger partial charge in [-0.25, -0.2) is 9.82 Å². The molecule has 1 aromatic carbocycles. The van der Waals surface area contributed by atoms with Crippen LogP contribution in [-0.4, -0.2) is 11.6 Å². The van der Waals surface area contributed by atoms with Crippen LogP contribution in [0.2, 0.25) is 0 Å². The van der Waals surface area contributed by atoms with Gasteiger partial charge in [-0.3, -0.25) is 4.79 Å². The van der Waals surface area contributed by atoms with Crippen LogP contribution in [0.5, 0.6) is 0 Å². The highest BCUT2D eigenvalue weighted by molar-refractivity contribution is 9.10. The molecule has 0 aromatic heterocycles. The van der Waals surface area contributed by atoms with Gasteiger partial charge in [-0.05, 0) is 18.2 Å². The van der Waals surface area contributed by atoms with Crippen molar-refractivity contribution < 1.29 is 9.18 Å². The maximum atomic E-state index is 13.3. The summed E-state index contributed by atoms with van der Waals surface area (Å²) in [5, 5.41) is 3.75. The summed E-state index contributed by atoms with van der Waals surface area (Å²) in [7, 11) is 0. The van der Waals surface area contributed by atoms with Crippen molar-refractivity contribution in [1.82, 2.24) is 5.43 Å². The molecule has 0 atom stereocenters. The lowest BCUT2D eigenvalue weighted by atomic mass is 10.1. The van der Waals surface area contributed by atoms with Gasteiger partial charge in [0.05, 0.1) is 12.1 Å². The van der Waals surface area contributed by atoms with E-state index in [1.54, 1.807) is 12.1 Å². The lowest BCUT2D eigenvalue weighted by Crippen LogP contribution is -2.09. The van der Waals surface area contributed by atoms with Crippen molar-refractivity contribution in [2.45, 2.75) is 6.42 Å². The Bertz CT molecular complexity index is 431. The number of carbonyl (C=O) groups is 1. The third-order valence-electron chi connectivity index (χ3n) is 1.88. The largest absolute Gasteiger partial charge is 0.273 e. The van der Waals surface area contributed by atoms with Crippen LogP contribution in [0.3, 0.4) is 0 Å². The Labute approximate surface area is 88.1 Å². The number of amides is 1. The molecule has 1 heterocycles. The van der Waals surface area contributed by atoms with Crippen LogP contribution >= 0.6 is 15.9 Å². The van der Waals surface area contributed by atoms with Gasteiger partial charge in [0.15, 0.2) is 0 Å². The summed E-state index contributed by atoms with van der Waals surface area (Å²) in [4.78, 5) is 10.9. The molecule has 0 spiro atoms. The molecule has 1 N–H and O–H groups in total. The van der Waals surface area contributed by atoms with Crippen molar-refractivity contribution in [3.8, 4) is 0 Å². The van der Waals surface area contributed by atoms with Crippen LogP contribution in [-0.2, 0) is 4.79 Å². The number of hydrogen-bond donors (Lipinski definition) is 1. The van der Waals surface area contributed by atoms with E-state index in [1.807, 2.05) is 0 Å². The molecular formula is C9H6BrFN2O.